The molecular formula is C20H25ClN2O4S. The first kappa shape index (κ1) is 22.2. The molecule has 0 bridgehead atoms. The summed E-state index contributed by atoms with van der Waals surface area (Å²) in [5, 5.41) is 3.22. The normalized spacial score (nSPS) is 12.7. The lowest BCUT2D eigenvalue weighted by Crippen LogP contribution is -2.41. The molecule has 0 aliphatic carbocycles. The van der Waals surface area contributed by atoms with E-state index in [1.165, 1.54) is 14.0 Å². The van der Waals surface area contributed by atoms with E-state index in [-0.39, 0.29) is 16.6 Å². The van der Waals surface area contributed by atoms with Crippen molar-refractivity contribution >= 4 is 33.2 Å². The number of halogens is 1. The van der Waals surface area contributed by atoms with Crippen LogP contribution in [-0.2, 0) is 14.8 Å². The number of carbonyl (C=O) groups is 1. The van der Waals surface area contributed by atoms with Crippen molar-refractivity contribution in [2.45, 2.75) is 44.6 Å². The number of nitrogens with one attached hydrogen (secondary N) is 2. The summed E-state index contributed by atoms with van der Waals surface area (Å²) in [7, 11) is -2.57. The van der Waals surface area contributed by atoms with Crippen LogP contribution in [0.2, 0.25) is 5.02 Å². The lowest BCUT2D eigenvalue weighted by Gasteiger charge is -2.18. The van der Waals surface area contributed by atoms with Crippen LogP contribution < -0.4 is 14.8 Å². The molecule has 28 heavy (non-hydrogen) atoms. The highest BCUT2D eigenvalue weighted by molar-refractivity contribution is 7.89. The standard InChI is InChI=1S/C20H25ClN2O4S/c1-12(2)15-9-10-18(27-5)19(11-15)28(25,26)23-14(4)20(24)22-17-8-6-7-16(21)13(17)3/h6-12,14,23H,1-5H3,(H,22,24). The van der Waals surface area contributed by atoms with Gasteiger partial charge in [-0.1, -0.05) is 37.6 Å². The quantitative estimate of drug-likeness (QED) is 0.701. The third kappa shape index (κ3) is 5.04. The molecule has 2 aromatic carbocycles. The fourth-order valence-corrected chi connectivity index (χ4v) is 4.18. The van der Waals surface area contributed by atoms with E-state index in [9.17, 15) is 13.2 Å². The van der Waals surface area contributed by atoms with Crippen LogP contribution in [-0.4, -0.2) is 27.5 Å². The van der Waals surface area contributed by atoms with Gasteiger partial charge in [0.15, 0.2) is 0 Å². The van der Waals surface area contributed by atoms with Gasteiger partial charge in [-0.3, -0.25) is 4.79 Å². The smallest absolute Gasteiger partial charge is 0.244 e. The van der Waals surface area contributed by atoms with Crippen LogP contribution in [0.5, 0.6) is 5.75 Å². The maximum absolute atomic E-state index is 12.9. The van der Waals surface area contributed by atoms with Gasteiger partial charge in [-0.15, -0.1) is 0 Å². The first-order valence-electron chi connectivity index (χ1n) is 8.83. The molecule has 2 aromatic rings. The summed E-state index contributed by atoms with van der Waals surface area (Å²) in [5.74, 6) is -0.130. The van der Waals surface area contributed by atoms with E-state index in [4.69, 9.17) is 16.3 Å². The van der Waals surface area contributed by atoms with Crippen LogP contribution in [0.15, 0.2) is 41.3 Å². The van der Waals surface area contributed by atoms with Crippen molar-refractivity contribution in [1.29, 1.82) is 0 Å². The van der Waals surface area contributed by atoms with Crippen molar-refractivity contribution in [3.8, 4) is 5.75 Å². The second kappa shape index (κ2) is 8.94. The average Bonchev–Trinajstić information content (AvgIpc) is 2.64. The Hall–Kier alpha value is -2.09. The number of hydrogen-bond donors (Lipinski definition) is 2. The molecular weight excluding hydrogens is 400 g/mol. The summed E-state index contributed by atoms with van der Waals surface area (Å²) in [4.78, 5) is 12.5. The number of carbonyl (C=O) groups excluding carboxylic acids is 1. The van der Waals surface area contributed by atoms with Crippen molar-refractivity contribution in [1.82, 2.24) is 4.72 Å². The van der Waals surface area contributed by atoms with Crippen LogP contribution >= 0.6 is 11.6 Å². The van der Waals surface area contributed by atoms with Gasteiger partial charge in [0.1, 0.15) is 10.6 Å². The number of hydrogen-bond acceptors (Lipinski definition) is 4. The zero-order valence-corrected chi connectivity index (χ0v) is 18.1. The molecule has 0 saturated heterocycles. The lowest BCUT2D eigenvalue weighted by molar-refractivity contribution is -0.117. The van der Waals surface area contributed by atoms with E-state index < -0.39 is 22.0 Å². The van der Waals surface area contributed by atoms with Crippen molar-refractivity contribution in [3.63, 3.8) is 0 Å². The zero-order chi connectivity index (χ0) is 21.1. The predicted octanol–water partition coefficient (Wildman–Crippen LogP) is 4.09. The second-order valence-electron chi connectivity index (χ2n) is 6.81. The van der Waals surface area contributed by atoms with Gasteiger partial charge in [0.05, 0.1) is 13.2 Å². The summed E-state index contributed by atoms with van der Waals surface area (Å²) in [6, 6.07) is 9.13. The van der Waals surface area contributed by atoms with Crippen LogP contribution in [0.3, 0.4) is 0 Å². The van der Waals surface area contributed by atoms with Gasteiger partial charge >= 0.3 is 0 Å². The Kier molecular flexibility index (Phi) is 7.09. The molecule has 2 rings (SSSR count). The largest absolute Gasteiger partial charge is 0.495 e. The zero-order valence-electron chi connectivity index (χ0n) is 16.5. The molecule has 0 fully saturated rings. The van der Waals surface area contributed by atoms with Crippen LogP contribution in [0.25, 0.3) is 0 Å². The summed E-state index contributed by atoms with van der Waals surface area (Å²) in [6.07, 6.45) is 0. The van der Waals surface area contributed by atoms with E-state index in [0.29, 0.717) is 16.3 Å². The van der Waals surface area contributed by atoms with Gasteiger partial charge in [0.25, 0.3) is 0 Å². The van der Waals surface area contributed by atoms with Crippen LogP contribution in [0, 0.1) is 6.92 Å². The second-order valence-corrected chi connectivity index (χ2v) is 8.90. The molecule has 0 radical (unpaired) electrons. The molecule has 8 heteroatoms. The average molecular weight is 425 g/mol. The number of rotatable bonds is 7. The number of amides is 1. The molecule has 152 valence electrons. The topological polar surface area (TPSA) is 84.5 Å². The molecule has 0 aliphatic rings. The highest BCUT2D eigenvalue weighted by Crippen LogP contribution is 2.28. The van der Waals surface area contributed by atoms with Crippen molar-refractivity contribution < 1.29 is 17.9 Å². The van der Waals surface area contributed by atoms with Gasteiger partial charge in [-0.05, 0) is 55.2 Å². The van der Waals surface area contributed by atoms with Gasteiger partial charge in [-0.25, -0.2) is 8.42 Å². The SMILES string of the molecule is COc1ccc(C(C)C)cc1S(=O)(=O)NC(C)C(=O)Nc1cccc(Cl)c1C. The molecule has 0 aromatic heterocycles. The molecule has 1 unspecified atom stereocenters. The number of methoxy groups -OCH3 is 1. The summed E-state index contributed by atoms with van der Waals surface area (Å²) in [6.45, 7) is 7.19. The lowest BCUT2D eigenvalue weighted by atomic mass is 10.0. The third-order valence-electron chi connectivity index (χ3n) is 4.39. The summed E-state index contributed by atoms with van der Waals surface area (Å²) < 4.78 is 33.4. The molecule has 2 N–H and O–H groups in total. The maximum atomic E-state index is 12.9. The monoisotopic (exact) mass is 424 g/mol. The van der Waals surface area contributed by atoms with Gasteiger partial charge < -0.3 is 10.1 Å². The molecule has 1 amide bonds. The number of anilines is 1. The Balaban J connectivity index is 2.24. The Morgan fingerprint density at radius 3 is 2.43 bits per heavy atom. The van der Waals surface area contributed by atoms with E-state index >= 15 is 0 Å². The Bertz CT molecular complexity index is 974. The molecule has 0 spiro atoms. The maximum Gasteiger partial charge on any atom is 0.244 e. The van der Waals surface area contributed by atoms with Crippen LogP contribution in [0.4, 0.5) is 5.69 Å². The first-order chi connectivity index (χ1) is 13.1. The van der Waals surface area contributed by atoms with Gasteiger partial charge in [0, 0.05) is 10.7 Å². The van der Waals surface area contributed by atoms with Crippen molar-refractivity contribution in [3.05, 3.63) is 52.5 Å². The molecule has 0 heterocycles. The predicted molar refractivity (Wildman–Crippen MR) is 112 cm³/mol. The fraction of sp³-hybridized carbons (Fsp3) is 0.350. The minimum absolute atomic E-state index is 0.000198. The van der Waals surface area contributed by atoms with Crippen molar-refractivity contribution in [2.75, 3.05) is 12.4 Å². The first-order valence-corrected chi connectivity index (χ1v) is 10.7. The van der Waals surface area contributed by atoms with Crippen molar-refractivity contribution in [2.24, 2.45) is 0 Å². The minimum Gasteiger partial charge on any atom is -0.495 e. The van der Waals surface area contributed by atoms with Gasteiger partial charge in [-0.2, -0.15) is 4.72 Å². The Morgan fingerprint density at radius 2 is 1.82 bits per heavy atom. The van der Waals surface area contributed by atoms with Gasteiger partial charge in [0.2, 0.25) is 15.9 Å². The van der Waals surface area contributed by atoms with E-state index in [0.717, 1.165) is 5.56 Å². The van der Waals surface area contributed by atoms with E-state index in [1.54, 1.807) is 37.3 Å². The van der Waals surface area contributed by atoms with E-state index in [1.807, 2.05) is 19.9 Å². The summed E-state index contributed by atoms with van der Waals surface area (Å²) in [5.41, 5.74) is 2.09. The fourth-order valence-electron chi connectivity index (χ4n) is 2.60. The number of sulfonamides is 1. The highest BCUT2D eigenvalue weighted by Gasteiger charge is 2.26. The Morgan fingerprint density at radius 1 is 1.14 bits per heavy atom. The molecule has 0 aliphatic heterocycles. The Labute approximate surface area is 171 Å². The minimum atomic E-state index is -3.98. The van der Waals surface area contributed by atoms with E-state index in [2.05, 4.69) is 10.0 Å². The third-order valence-corrected chi connectivity index (χ3v) is 6.37. The molecule has 0 saturated carbocycles. The molecule has 6 nitrogen and oxygen atoms in total. The number of benzene rings is 2. The number of ether oxygens (including phenoxy) is 1. The highest BCUT2D eigenvalue weighted by atomic mass is 35.5. The van der Waals surface area contributed by atoms with Crippen LogP contribution in [0.1, 0.15) is 37.8 Å². The molecule has 1 atom stereocenters. The summed E-state index contributed by atoms with van der Waals surface area (Å²) >= 11 is 6.06.